The van der Waals surface area contributed by atoms with Crippen molar-refractivity contribution in [3.05, 3.63) is 26.6 Å². The van der Waals surface area contributed by atoms with Crippen LogP contribution in [0.1, 0.15) is 29.6 Å². The lowest BCUT2D eigenvalue weighted by atomic mass is 10.2. The van der Waals surface area contributed by atoms with Gasteiger partial charge in [-0.1, -0.05) is 12.8 Å². The number of halogens is 2. The third-order valence-electron chi connectivity index (χ3n) is 2.81. The summed E-state index contributed by atoms with van der Waals surface area (Å²) in [5.41, 5.74) is 0.539. The smallest absolute Gasteiger partial charge is 0.251 e. The monoisotopic (exact) mass is 361 g/mol. The molecule has 5 heteroatoms. The van der Waals surface area contributed by atoms with Gasteiger partial charge in [0.2, 0.25) is 0 Å². The number of phenolic OH excluding ortho intramolecular Hbond substituents is 1. The topological polar surface area (TPSA) is 49.3 Å². The number of rotatable bonds is 4. The quantitative estimate of drug-likeness (QED) is 0.861. The number of carbonyl (C=O) groups excluding carboxylic acids is 1. The van der Waals surface area contributed by atoms with Crippen molar-refractivity contribution in [3.63, 3.8) is 0 Å². The predicted molar refractivity (Wildman–Crippen MR) is 73.2 cm³/mol. The summed E-state index contributed by atoms with van der Waals surface area (Å²) in [5, 5.41) is 12.4. The largest absolute Gasteiger partial charge is 0.506 e. The maximum Gasteiger partial charge on any atom is 0.251 e. The zero-order chi connectivity index (χ0) is 12.4. The van der Waals surface area contributed by atoms with E-state index >= 15 is 0 Å². The summed E-state index contributed by atoms with van der Waals surface area (Å²) in [6.45, 7) is 0.722. The van der Waals surface area contributed by atoms with E-state index in [-0.39, 0.29) is 11.7 Å². The first-order valence-corrected chi connectivity index (χ1v) is 7.12. The SMILES string of the molecule is O=C(NCCC1CC1)c1cc(Br)c(O)c(Br)c1. The van der Waals surface area contributed by atoms with Crippen LogP contribution in [0, 0.1) is 5.92 Å². The van der Waals surface area contributed by atoms with Gasteiger partial charge in [-0.3, -0.25) is 4.79 Å². The first-order valence-electron chi connectivity index (χ1n) is 5.54. The fourth-order valence-corrected chi connectivity index (χ4v) is 2.78. The minimum atomic E-state index is -0.105. The standard InChI is InChI=1S/C12H13Br2NO2/c13-9-5-8(6-10(14)11(9)16)12(17)15-4-3-7-1-2-7/h5-7,16H,1-4H2,(H,15,17). The lowest BCUT2D eigenvalue weighted by molar-refractivity contribution is 0.0952. The number of carbonyl (C=O) groups is 1. The van der Waals surface area contributed by atoms with Crippen molar-refractivity contribution in [2.24, 2.45) is 5.92 Å². The Bertz CT molecular complexity index is 421. The van der Waals surface area contributed by atoms with E-state index in [4.69, 9.17) is 0 Å². The number of benzene rings is 1. The Balaban J connectivity index is 1.97. The van der Waals surface area contributed by atoms with Gasteiger partial charge in [0.1, 0.15) is 5.75 Å². The Morgan fingerprint density at radius 2 is 1.94 bits per heavy atom. The summed E-state index contributed by atoms with van der Waals surface area (Å²) in [4.78, 5) is 11.8. The van der Waals surface area contributed by atoms with E-state index in [1.807, 2.05) is 0 Å². The summed E-state index contributed by atoms with van der Waals surface area (Å²) in [7, 11) is 0. The molecular formula is C12H13Br2NO2. The number of hydrogen-bond acceptors (Lipinski definition) is 2. The normalized spacial score (nSPS) is 14.7. The Hall–Kier alpha value is -0.550. The van der Waals surface area contributed by atoms with Gasteiger partial charge in [0.15, 0.2) is 0 Å². The highest BCUT2D eigenvalue weighted by Crippen LogP contribution is 2.33. The van der Waals surface area contributed by atoms with Gasteiger partial charge >= 0.3 is 0 Å². The van der Waals surface area contributed by atoms with E-state index in [0.29, 0.717) is 14.5 Å². The van der Waals surface area contributed by atoms with E-state index in [1.54, 1.807) is 12.1 Å². The molecule has 3 nitrogen and oxygen atoms in total. The van der Waals surface area contributed by atoms with Crippen molar-refractivity contribution in [1.82, 2.24) is 5.32 Å². The van der Waals surface area contributed by atoms with Gasteiger partial charge in [0.05, 0.1) is 8.95 Å². The molecule has 0 unspecified atom stereocenters. The van der Waals surface area contributed by atoms with E-state index in [2.05, 4.69) is 37.2 Å². The van der Waals surface area contributed by atoms with Crippen LogP contribution in [0.4, 0.5) is 0 Å². The number of hydrogen-bond donors (Lipinski definition) is 2. The van der Waals surface area contributed by atoms with E-state index < -0.39 is 0 Å². The number of phenols is 1. The van der Waals surface area contributed by atoms with Crippen molar-refractivity contribution in [2.45, 2.75) is 19.3 Å². The van der Waals surface area contributed by atoms with Gasteiger partial charge < -0.3 is 10.4 Å². The van der Waals surface area contributed by atoms with Crippen LogP contribution >= 0.6 is 31.9 Å². The number of amides is 1. The minimum absolute atomic E-state index is 0.105. The molecule has 1 amide bonds. The van der Waals surface area contributed by atoms with Gasteiger partial charge in [-0.15, -0.1) is 0 Å². The fourth-order valence-electron chi connectivity index (χ4n) is 1.60. The summed E-state index contributed by atoms with van der Waals surface area (Å²) >= 11 is 6.41. The van der Waals surface area contributed by atoms with Crippen molar-refractivity contribution >= 4 is 37.8 Å². The summed E-state index contributed by atoms with van der Waals surface area (Å²) < 4.78 is 1.03. The number of nitrogens with one attached hydrogen (secondary N) is 1. The molecule has 0 saturated heterocycles. The second-order valence-corrected chi connectivity index (χ2v) is 5.99. The van der Waals surface area contributed by atoms with Gasteiger partial charge in [0.25, 0.3) is 5.91 Å². The highest BCUT2D eigenvalue weighted by molar-refractivity contribution is 9.11. The molecule has 1 aromatic rings. The first kappa shape index (κ1) is 12.9. The molecular weight excluding hydrogens is 350 g/mol. The molecule has 0 atom stereocenters. The maximum absolute atomic E-state index is 11.8. The molecule has 2 N–H and O–H groups in total. The molecule has 0 aromatic heterocycles. The van der Waals surface area contributed by atoms with Crippen LogP contribution in [0.3, 0.4) is 0 Å². The summed E-state index contributed by atoms with van der Waals surface area (Å²) in [5.74, 6) is 0.820. The van der Waals surface area contributed by atoms with Crippen LogP contribution in [0.2, 0.25) is 0 Å². The summed E-state index contributed by atoms with van der Waals surface area (Å²) in [6.07, 6.45) is 3.66. The Morgan fingerprint density at radius 3 is 2.47 bits per heavy atom. The average molecular weight is 363 g/mol. The van der Waals surface area contributed by atoms with Crippen LogP contribution in [0.15, 0.2) is 21.1 Å². The molecule has 1 saturated carbocycles. The van der Waals surface area contributed by atoms with Crippen LogP contribution in [0.25, 0.3) is 0 Å². The van der Waals surface area contributed by atoms with Gasteiger partial charge in [-0.25, -0.2) is 0 Å². The molecule has 1 fully saturated rings. The Morgan fingerprint density at radius 1 is 1.35 bits per heavy atom. The van der Waals surface area contributed by atoms with Crippen molar-refractivity contribution in [2.75, 3.05) is 6.54 Å². The van der Waals surface area contributed by atoms with Crippen LogP contribution in [-0.4, -0.2) is 17.6 Å². The molecule has 1 aromatic carbocycles. The highest BCUT2D eigenvalue weighted by atomic mass is 79.9. The molecule has 0 spiro atoms. The molecule has 17 heavy (non-hydrogen) atoms. The predicted octanol–water partition coefficient (Wildman–Crippen LogP) is 3.45. The van der Waals surface area contributed by atoms with E-state index in [1.165, 1.54) is 12.8 Å². The fraction of sp³-hybridized carbons (Fsp3) is 0.417. The maximum atomic E-state index is 11.8. The Labute approximate surface area is 117 Å². The zero-order valence-corrected chi connectivity index (χ0v) is 12.3. The number of aromatic hydroxyl groups is 1. The van der Waals surface area contributed by atoms with Crippen molar-refractivity contribution in [1.29, 1.82) is 0 Å². The third kappa shape index (κ3) is 3.45. The molecule has 0 heterocycles. The van der Waals surface area contributed by atoms with Gasteiger partial charge in [-0.2, -0.15) is 0 Å². The van der Waals surface area contributed by atoms with Crippen LogP contribution in [0.5, 0.6) is 5.75 Å². The molecule has 0 bridgehead atoms. The van der Waals surface area contributed by atoms with Gasteiger partial charge in [0, 0.05) is 12.1 Å². The first-order chi connectivity index (χ1) is 8.08. The molecule has 2 rings (SSSR count). The second-order valence-electron chi connectivity index (χ2n) is 4.28. The third-order valence-corrected chi connectivity index (χ3v) is 4.02. The molecule has 1 aliphatic rings. The second kappa shape index (κ2) is 5.40. The average Bonchev–Trinajstić information content (AvgIpc) is 3.09. The van der Waals surface area contributed by atoms with E-state index in [9.17, 15) is 9.90 Å². The minimum Gasteiger partial charge on any atom is -0.506 e. The van der Waals surface area contributed by atoms with Crippen LogP contribution in [-0.2, 0) is 0 Å². The molecule has 0 aliphatic heterocycles. The van der Waals surface area contributed by atoms with Gasteiger partial charge in [-0.05, 0) is 56.3 Å². The molecule has 1 aliphatic carbocycles. The van der Waals surface area contributed by atoms with Crippen LogP contribution < -0.4 is 5.32 Å². The Kier molecular flexibility index (Phi) is 4.09. The lowest BCUT2D eigenvalue weighted by Gasteiger charge is -2.07. The lowest BCUT2D eigenvalue weighted by Crippen LogP contribution is -2.24. The van der Waals surface area contributed by atoms with Crippen molar-refractivity contribution < 1.29 is 9.90 Å². The van der Waals surface area contributed by atoms with Crippen molar-refractivity contribution in [3.8, 4) is 5.75 Å². The zero-order valence-electron chi connectivity index (χ0n) is 9.17. The summed E-state index contributed by atoms with van der Waals surface area (Å²) in [6, 6.07) is 3.24. The highest BCUT2D eigenvalue weighted by Gasteiger charge is 2.20. The molecule has 0 radical (unpaired) electrons. The van der Waals surface area contributed by atoms with E-state index in [0.717, 1.165) is 18.9 Å². The molecule has 92 valence electrons.